The summed E-state index contributed by atoms with van der Waals surface area (Å²) >= 11 is 0. The molecule has 2 heteroatoms. The van der Waals surface area contributed by atoms with Crippen LogP contribution in [0.3, 0.4) is 0 Å². The highest BCUT2D eigenvalue weighted by molar-refractivity contribution is 7.16. The van der Waals surface area contributed by atoms with Crippen LogP contribution in [0.4, 0.5) is 0 Å². The lowest BCUT2D eigenvalue weighted by Gasteiger charge is -2.17. The molecule has 6 rings (SSSR count). The van der Waals surface area contributed by atoms with Crippen molar-refractivity contribution in [1.82, 2.24) is 0 Å². The number of allylic oxidation sites excluding steroid dienone is 1. The van der Waals surface area contributed by atoms with E-state index in [4.69, 9.17) is 0 Å². The van der Waals surface area contributed by atoms with Crippen LogP contribution in [-0.4, -0.2) is 19.8 Å². The number of aliphatic hydroxyl groups excluding tert-OH is 1. The summed E-state index contributed by atoms with van der Waals surface area (Å²) in [6.07, 6.45) is 4.24. The molecule has 3 aromatic carbocycles. The van der Waals surface area contributed by atoms with Gasteiger partial charge in [0.15, 0.2) is 0 Å². The molecule has 0 saturated heterocycles. The van der Waals surface area contributed by atoms with Gasteiger partial charge >= 0.3 is 0 Å². The second-order valence-corrected chi connectivity index (χ2v) is 13.2. The highest BCUT2D eigenvalue weighted by Gasteiger charge is 2.49. The SMILES string of the molecule is C[Si]1(C)c2cc3c(c(C4C=C(CCO)c5ccccc54)c21)Cc1ccccc1-3. The second-order valence-electron chi connectivity index (χ2n) is 8.93. The number of hydrogen-bond acceptors (Lipinski definition) is 1. The number of benzene rings is 3. The average Bonchev–Trinajstić information content (AvgIpc) is 3.01. The first-order valence-electron chi connectivity index (χ1n) is 10.3. The minimum absolute atomic E-state index is 0.212. The fourth-order valence-electron chi connectivity index (χ4n) is 5.68. The lowest BCUT2D eigenvalue weighted by atomic mass is 9.88. The van der Waals surface area contributed by atoms with Crippen molar-refractivity contribution in [2.45, 2.75) is 31.9 Å². The molecular weight excluding hydrogens is 356 g/mol. The van der Waals surface area contributed by atoms with Crippen LogP contribution in [0.1, 0.15) is 40.2 Å². The summed E-state index contributed by atoms with van der Waals surface area (Å²) in [6.45, 7) is 5.21. The fourth-order valence-corrected chi connectivity index (χ4v) is 9.12. The van der Waals surface area contributed by atoms with E-state index in [-0.39, 0.29) is 6.61 Å². The molecule has 1 unspecified atom stereocenters. The molecule has 3 aromatic rings. The van der Waals surface area contributed by atoms with E-state index in [9.17, 15) is 5.11 Å². The van der Waals surface area contributed by atoms with E-state index < -0.39 is 8.07 Å². The molecular formula is C26H24OSi. The van der Waals surface area contributed by atoms with Crippen LogP contribution in [0, 0.1) is 0 Å². The van der Waals surface area contributed by atoms with Crippen molar-refractivity contribution in [3.63, 3.8) is 0 Å². The smallest absolute Gasteiger partial charge is 0.112 e. The highest BCUT2D eigenvalue weighted by Crippen LogP contribution is 2.48. The van der Waals surface area contributed by atoms with Gasteiger partial charge < -0.3 is 5.11 Å². The third kappa shape index (κ3) is 2.05. The molecule has 1 aliphatic heterocycles. The summed E-state index contributed by atoms with van der Waals surface area (Å²) < 4.78 is 0. The first-order chi connectivity index (χ1) is 13.6. The Kier molecular flexibility index (Phi) is 3.28. The summed E-state index contributed by atoms with van der Waals surface area (Å²) in [6, 6.07) is 20.3. The summed E-state index contributed by atoms with van der Waals surface area (Å²) in [5, 5.41) is 12.9. The molecule has 0 spiro atoms. The maximum absolute atomic E-state index is 9.60. The van der Waals surface area contributed by atoms with Gasteiger partial charge in [0.1, 0.15) is 8.07 Å². The Balaban J connectivity index is 1.61. The minimum Gasteiger partial charge on any atom is -0.396 e. The lowest BCUT2D eigenvalue weighted by molar-refractivity contribution is 0.305. The molecule has 28 heavy (non-hydrogen) atoms. The van der Waals surface area contributed by atoms with Gasteiger partial charge in [-0.1, -0.05) is 84.1 Å². The molecule has 0 radical (unpaired) electrons. The predicted molar refractivity (Wildman–Crippen MR) is 119 cm³/mol. The van der Waals surface area contributed by atoms with Crippen LogP contribution >= 0.6 is 0 Å². The van der Waals surface area contributed by atoms with Crippen LogP contribution in [0.2, 0.25) is 13.1 Å². The largest absolute Gasteiger partial charge is 0.396 e. The van der Waals surface area contributed by atoms with Gasteiger partial charge in [-0.25, -0.2) is 0 Å². The molecule has 0 aromatic heterocycles. The van der Waals surface area contributed by atoms with E-state index in [0.29, 0.717) is 5.92 Å². The summed E-state index contributed by atoms with van der Waals surface area (Å²) in [5.74, 6) is 0.338. The van der Waals surface area contributed by atoms with Crippen LogP contribution in [0.5, 0.6) is 0 Å². The van der Waals surface area contributed by atoms with E-state index in [0.717, 1.165) is 12.8 Å². The summed E-state index contributed by atoms with van der Waals surface area (Å²) in [4.78, 5) is 0. The zero-order valence-electron chi connectivity index (χ0n) is 16.4. The van der Waals surface area contributed by atoms with Crippen molar-refractivity contribution >= 4 is 24.0 Å². The van der Waals surface area contributed by atoms with E-state index in [1.807, 2.05) is 0 Å². The molecule has 3 aliphatic rings. The molecule has 0 amide bonds. The van der Waals surface area contributed by atoms with Crippen molar-refractivity contribution in [2.75, 3.05) is 6.61 Å². The summed E-state index contributed by atoms with van der Waals surface area (Å²) in [5.41, 5.74) is 11.6. The Morgan fingerprint density at radius 1 is 0.964 bits per heavy atom. The quantitative estimate of drug-likeness (QED) is 0.525. The Bertz CT molecular complexity index is 1190. The third-order valence-corrected chi connectivity index (χ3v) is 10.4. The molecule has 1 nitrogen and oxygen atoms in total. The van der Waals surface area contributed by atoms with Gasteiger partial charge in [0.05, 0.1) is 0 Å². The van der Waals surface area contributed by atoms with Gasteiger partial charge in [-0.05, 0) is 57.4 Å². The van der Waals surface area contributed by atoms with Gasteiger partial charge in [-0.15, -0.1) is 0 Å². The Morgan fingerprint density at radius 2 is 1.71 bits per heavy atom. The van der Waals surface area contributed by atoms with Crippen molar-refractivity contribution in [2.24, 2.45) is 0 Å². The number of aliphatic hydroxyl groups is 1. The molecule has 1 atom stereocenters. The first-order valence-corrected chi connectivity index (χ1v) is 13.3. The average molecular weight is 381 g/mol. The standard InChI is InChI=1S/C26H24OSi/c1-28(2)24-15-21-19-9-4-3-7-16(19)13-23(21)25(26(24)28)22-14-17(11-12-27)18-8-5-6-10-20(18)22/h3-10,14-15,22,27H,11-13H2,1-2H3. The predicted octanol–water partition coefficient (Wildman–Crippen LogP) is 4.31. The van der Waals surface area contributed by atoms with E-state index >= 15 is 0 Å². The molecule has 0 saturated carbocycles. The van der Waals surface area contributed by atoms with Gasteiger partial charge in [-0.3, -0.25) is 0 Å². The number of fused-ring (bicyclic) bond motifs is 5. The van der Waals surface area contributed by atoms with Crippen LogP contribution < -0.4 is 10.4 Å². The minimum atomic E-state index is -1.42. The summed E-state index contributed by atoms with van der Waals surface area (Å²) in [7, 11) is -1.42. The topological polar surface area (TPSA) is 20.2 Å². The van der Waals surface area contributed by atoms with Crippen molar-refractivity contribution in [3.8, 4) is 11.1 Å². The van der Waals surface area contributed by atoms with Gasteiger partial charge in [0.2, 0.25) is 0 Å². The second kappa shape index (κ2) is 5.56. The van der Waals surface area contributed by atoms with Gasteiger partial charge in [0.25, 0.3) is 0 Å². The maximum Gasteiger partial charge on any atom is 0.112 e. The van der Waals surface area contributed by atoms with Crippen molar-refractivity contribution in [3.05, 3.63) is 88.5 Å². The van der Waals surface area contributed by atoms with E-state index in [1.54, 1.807) is 21.5 Å². The molecule has 1 heterocycles. The van der Waals surface area contributed by atoms with Crippen LogP contribution in [0.15, 0.2) is 60.7 Å². The van der Waals surface area contributed by atoms with Crippen molar-refractivity contribution in [1.29, 1.82) is 0 Å². The Morgan fingerprint density at radius 3 is 2.54 bits per heavy atom. The fraction of sp³-hybridized carbons (Fsp3) is 0.231. The molecule has 2 aliphatic carbocycles. The van der Waals surface area contributed by atoms with E-state index in [2.05, 4.69) is 73.8 Å². The van der Waals surface area contributed by atoms with Crippen molar-refractivity contribution < 1.29 is 5.11 Å². The maximum atomic E-state index is 9.60. The zero-order valence-corrected chi connectivity index (χ0v) is 17.4. The van der Waals surface area contributed by atoms with Crippen LogP contribution in [-0.2, 0) is 6.42 Å². The van der Waals surface area contributed by atoms with Crippen LogP contribution in [0.25, 0.3) is 16.7 Å². The lowest BCUT2D eigenvalue weighted by Crippen LogP contribution is -2.20. The molecule has 1 N–H and O–H groups in total. The molecule has 0 bridgehead atoms. The van der Waals surface area contributed by atoms with E-state index in [1.165, 1.54) is 33.4 Å². The monoisotopic (exact) mass is 380 g/mol. The first kappa shape index (κ1) is 16.5. The zero-order chi connectivity index (χ0) is 19.0. The highest BCUT2D eigenvalue weighted by atomic mass is 28.3. The number of hydrogen-bond donors (Lipinski definition) is 1. The van der Waals surface area contributed by atoms with Gasteiger partial charge in [-0.2, -0.15) is 0 Å². The molecule has 138 valence electrons. The molecule has 0 fully saturated rings. The normalized spacial score (nSPS) is 19.5. The third-order valence-electron chi connectivity index (χ3n) is 7.09. The Labute approximate surface area is 167 Å². The Hall–Kier alpha value is -2.42. The van der Waals surface area contributed by atoms with Gasteiger partial charge in [0, 0.05) is 12.5 Å². The number of rotatable bonds is 3.